The number of hydrogen-bond donors (Lipinski definition) is 0. The van der Waals surface area contributed by atoms with Gasteiger partial charge in [-0.15, -0.1) is 0 Å². The third-order valence-electron chi connectivity index (χ3n) is 1.93. The molecule has 2 rings (SSSR count). The van der Waals surface area contributed by atoms with Crippen LogP contribution in [0.15, 0.2) is 35.4 Å². The van der Waals surface area contributed by atoms with E-state index in [9.17, 15) is 12.8 Å². The van der Waals surface area contributed by atoms with E-state index in [1.165, 1.54) is 24.4 Å². The highest BCUT2D eigenvalue weighted by molar-refractivity contribution is 8.14. The lowest BCUT2D eigenvalue weighted by Crippen LogP contribution is -1.97. The summed E-state index contributed by atoms with van der Waals surface area (Å²) in [5, 5.41) is 0.188. The molecule has 3 nitrogen and oxygen atoms in total. The van der Waals surface area contributed by atoms with Gasteiger partial charge in [-0.25, -0.2) is 12.8 Å². The van der Waals surface area contributed by atoms with Gasteiger partial charge in [0.05, 0.1) is 5.52 Å². The van der Waals surface area contributed by atoms with Crippen LogP contribution in [0, 0.1) is 5.82 Å². The molecule has 78 valence electrons. The molecule has 0 spiro atoms. The lowest BCUT2D eigenvalue weighted by molar-refractivity contribution is 0.579. The van der Waals surface area contributed by atoms with Crippen molar-refractivity contribution >= 4 is 30.6 Å². The Morgan fingerprint density at radius 2 is 2.00 bits per heavy atom. The zero-order valence-corrected chi connectivity index (χ0v) is 8.89. The maximum atomic E-state index is 13.3. The zero-order valence-electron chi connectivity index (χ0n) is 7.31. The largest absolute Gasteiger partial charge is 0.264 e. The number of pyridine rings is 1. The van der Waals surface area contributed by atoms with Gasteiger partial charge in [-0.2, -0.15) is 0 Å². The van der Waals surface area contributed by atoms with Gasteiger partial charge in [0, 0.05) is 22.3 Å². The Morgan fingerprint density at radius 3 is 2.67 bits per heavy atom. The number of rotatable bonds is 1. The maximum Gasteiger partial charge on any atom is 0.264 e. The molecule has 0 amide bonds. The van der Waals surface area contributed by atoms with Crippen molar-refractivity contribution < 1.29 is 12.8 Å². The standard InChI is InChI=1S/C9H5ClFNO2S/c10-15(13,14)9-6-2-1-5-12-8(6)4-3-7(9)11/h1-5H. The van der Waals surface area contributed by atoms with Crippen molar-refractivity contribution in [2.24, 2.45) is 0 Å². The number of benzene rings is 1. The highest BCUT2D eigenvalue weighted by atomic mass is 35.7. The Balaban J connectivity index is 2.99. The fraction of sp³-hybridized carbons (Fsp3) is 0. The van der Waals surface area contributed by atoms with Gasteiger partial charge in [-0.05, 0) is 24.3 Å². The van der Waals surface area contributed by atoms with Gasteiger partial charge < -0.3 is 0 Å². The fourth-order valence-electron chi connectivity index (χ4n) is 1.35. The third kappa shape index (κ3) is 1.80. The van der Waals surface area contributed by atoms with Crippen LogP contribution in [0.25, 0.3) is 10.9 Å². The second-order valence-electron chi connectivity index (χ2n) is 2.88. The summed E-state index contributed by atoms with van der Waals surface area (Å²) in [6.07, 6.45) is 1.49. The van der Waals surface area contributed by atoms with Crippen molar-refractivity contribution in [3.05, 3.63) is 36.3 Å². The molecule has 0 saturated heterocycles. The van der Waals surface area contributed by atoms with E-state index in [1.807, 2.05) is 0 Å². The predicted octanol–water partition coefficient (Wildman–Crippen LogP) is 2.30. The number of fused-ring (bicyclic) bond motifs is 1. The van der Waals surface area contributed by atoms with Crippen molar-refractivity contribution in [1.29, 1.82) is 0 Å². The quantitative estimate of drug-likeness (QED) is 0.725. The van der Waals surface area contributed by atoms with Crippen LogP contribution < -0.4 is 0 Å². The van der Waals surface area contributed by atoms with E-state index in [2.05, 4.69) is 4.98 Å². The Hall–Kier alpha value is -1.20. The smallest absolute Gasteiger partial charge is 0.256 e. The van der Waals surface area contributed by atoms with E-state index < -0.39 is 19.8 Å². The average molecular weight is 246 g/mol. The minimum absolute atomic E-state index is 0.188. The fourth-order valence-corrected chi connectivity index (χ4v) is 2.55. The van der Waals surface area contributed by atoms with Gasteiger partial charge in [-0.3, -0.25) is 4.98 Å². The lowest BCUT2D eigenvalue weighted by Gasteiger charge is -2.03. The minimum Gasteiger partial charge on any atom is -0.256 e. The van der Waals surface area contributed by atoms with E-state index in [0.29, 0.717) is 5.52 Å². The van der Waals surface area contributed by atoms with Gasteiger partial charge in [-0.1, -0.05) is 0 Å². The molecule has 0 aliphatic heterocycles. The molecule has 0 aliphatic carbocycles. The third-order valence-corrected chi connectivity index (χ3v) is 3.30. The average Bonchev–Trinajstić information content (AvgIpc) is 2.15. The molecular weight excluding hydrogens is 241 g/mol. The molecule has 0 aliphatic rings. The summed E-state index contributed by atoms with van der Waals surface area (Å²) in [7, 11) is 1.04. The topological polar surface area (TPSA) is 47.0 Å². The van der Waals surface area contributed by atoms with Crippen molar-refractivity contribution in [3.63, 3.8) is 0 Å². The first kappa shape index (κ1) is 10.3. The van der Waals surface area contributed by atoms with Crippen LogP contribution in [0.1, 0.15) is 0 Å². The summed E-state index contributed by atoms with van der Waals surface area (Å²) < 4.78 is 35.7. The monoisotopic (exact) mass is 245 g/mol. The molecular formula is C9H5ClFNO2S. The molecule has 15 heavy (non-hydrogen) atoms. The molecule has 1 aromatic heterocycles. The van der Waals surface area contributed by atoms with E-state index in [1.54, 1.807) is 0 Å². The van der Waals surface area contributed by atoms with Gasteiger partial charge in [0.25, 0.3) is 9.05 Å². The van der Waals surface area contributed by atoms with E-state index in [-0.39, 0.29) is 5.39 Å². The van der Waals surface area contributed by atoms with E-state index in [4.69, 9.17) is 10.7 Å². The highest BCUT2D eigenvalue weighted by Gasteiger charge is 2.19. The summed E-state index contributed by atoms with van der Waals surface area (Å²) >= 11 is 0. The van der Waals surface area contributed by atoms with Gasteiger partial charge >= 0.3 is 0 Å². The van der Waals surface area contributed by atoms with Crippen LogP contribution in [-0.2, 0) is 9.05 Å². The summed E-state index contributed by atoms with van der Waals surface area (Å²) in [5.74, 6) is -0.870. The SMILES string of the molecule is O=S(=O)(Cl)c1c(F)ccc2ncccc12. The van der Waals surface area contributed by atoms with Crippen molar-refractivity contribution in [2.45, 2.75) is 4.90 Å². The summed E-state index contributed by atoms with van der Waals surface area (Å²) in [5.41, 5.74) is 0.387. The summed E-state index contributed by atoms with van der Waals surface area (Å²) in [4.78, 5) is 3.39. The molecule has 0 atom stereocenters. The summed E-state index contributed by atoms with van der Waals surface area (Å²) in [6.45, 7) is 0. The first-order valence-corrected chi connectivity index (χ1v) is 6.29. The molecule has 0 fully saturated rings. The predicted molar refractivity (Wildman–Crippen MR) is 54.7 cm³/mol. The first-order chi connectivity index (χ1) is 7.00. The lowest BCUT2D eigenvalue weighted by atomic mass is 10.2. The van der Waals surface area contributed by atoms with Crippen LogP contribution in [-0.4, -0.2) is 13.4 Å². The molecule has 0 saturated carbocycles. The van der Waals surface area contributed by atoms with Crippen LogP contribution in [0.4, 0.5) is 4.39 Å². The normalized spacial score (nSPS) is 11.9. The van der Waals surface area contributed by atoms with Crippen molar-refractivity contribution in [2.75, 3.05) is 0 Å². The molecule has 0 unspecified atom stereocenters. The van der Waals surface area contributed by atoms with Gasteiger partial charge in [0.15, 0.2) is 0 Å². The van der Waals surface area contributed by atoms with Crippen LogP contribution in [0.3, 0.4) is 0 Å². The van der Waals surface area contributed by atoms with Crippen LogP contribution in [0.5, 0.6) is 0 Å². The molecule has 0 N–H and O–H groups in total. The van der Waals surface area contributed by atoms with Crippen LogP contribution >= 0.6 is 10.7 Å². The second-order valence-corrected chi connectivity index (χ2v) is 5.39. The molecule has 1 aromatic carbocycles. The number of nitrogens with zero attached hydrogens (tertiary/aromatic N) is 1. The molecule has 2 aromatic rings. The maximum absolute atomic E-state index is 13.3. The molecule has 0 bridgehead atoms. The first-order valence-electron chi connectivity index (χ1n) is 3.98. The Labute approximate surface area is 89.9 Å². The molecule has 1 heterocycles. The highest BCUT2D eigenvalue weighted by Crippen LogP contribution is 2.27. The van der Waals surface area contributed by atoms with Crippen LogP contribution in [0.2, 0.25) is 0 Å². The van der Waals surface area contributed by atoms with Gasteiger partial charge in [0.2, 0.25) is 0 Å². The Bertz CT molecular complexity index is 627. The number of hydrogen-bond acceptors (Lipinski definition) is 3. The molecule has 6 heteroatoms. The number of halogens is 2. The number of aromatic nitrogens is 1. The second kappa shape index (κ2) is 3.43. The zero-order chi connectivity index (χ0) is 11.1. The minimum atomic E-state index is -4.10. The molecule has 0 radical (unpaired) electrons. The van der Waals surface area contributed by atoms with E-state index >= 15 is 0 Å². The Morgan fingerprint density at radius 1 is 1.27 bits per heavy atom. The van der Waals surface area contributed by atoms with Crippen molar-refractivity contribution in [1.82, 2.24) is 4.98 Å². The Kier molecular flexibility index (Phi) is 2.36. The van der Waals surface area contributed by atoms with E-state index in [0.717, 1.165) is 6.07 Å². The van der Waals surface area contributed by atoms with Gasteiger partial charge in [0.1, 0.15) is 10.7 Å². The van der Waals surface area contributed by atoms with Crippen molar-refractivity contribution in [3.8, 4) is 0 Å². The summed E-state index contributed by atoms with van der Waals surface area (Å²) in [6, 6.07) is 5.41.